The monoisotopic (exact) mass is 172 g/mol. The number of nitrogens with zero attached hydrogens (tertiary/aromatic N) is 1. The molecule has 66 valence electrons. The minimum atomic E-state index is 0.974. The Morgan fingerprint density at radius 2 is 2.15 bits per heavy atom. The molecule has 0 aliphatic heterocycles. The molecule has 1 aromatic rings. The number of anilines is 1. The Balaban J connectivity index is 2.30. The third kappa shape index (κ3) is 0.857. The van der Waals surface area contributed by atoms with E-state index in [4.69, 9.17) is 5.73 Å². The average Bonchev–Trinajstić information content (AvgIpc) is 2.71. The van der Waals surface area contributed by atoms with Gasteiger partial charge in [-0.25, -0.2) is 0 Å². The molecule has 2 aliphatic rings. The molecule has 0 radical (unpaired) electrons. The summed E-state index contributed by atoms with van der Waals surface area (Å²) in [5.74, 6) is 0. The summed E-state index contributed by atoms with van der Waals surface area (Å²) in [6.45, 7) is 0. The molecule has 13 heavy (non-hydrogen) atoms. The van der Waals surface area contributed by atoms with E-state index in [0.29, 0.717) is 0 Å². The van der Waals surface area contributed by atoms with Crippen molar-refractivity contribution < 1.29 is 0 Å². The molecule has 0 atom stereocenters. The molecule has 0 aromatic carbocycles. The van der Waals surface area contributed by atoms with Gasteiger partial charge in [-0.1, -0.05) is 6.08 Å². The molecule has 2 N–H and O–H groups in total. The van der Waals surface area contributed by atoms with Crippen LogP contribution in [0.3, 0.4) is 0 Å². The van der Waals surface area contributed by atoms with Gasteiger partial charge in [-0.2, -0.15) is 0 Å². The van der Waals surface area contributed by atoms with E-state index < -0.39 is 0 Å². The maximum absolute atomic E-state index is 6.11. The second-order valence-corrected chi connectivity index (χ2v) is 3.77. The van der Waals surface area contributed by atoms with Gasteiger partial charge in [0, 0.05) is 16.9 Å². The van der Waals surface area contributed by atoms with E-state index in [9.17, 15) is 0 Å². The van der Waals surface area contributed by atoms with Crippen LogP contribution in [0.1, 0.15) is 28.9 Å². The number of hydrogen-bond acceptors (Lipinski definition) is 2. The van der Waals surface area contributed by atoms with Gasteiger partial charge in [0.2, 0.25) is 0 Å². The van der Waals surface area contributed by atoms with E-state index in [1.807, 2.05) is 0 Å². The molecular formula is C11H12N2. The van der Waals surface area contributed by atoms with Crippen molar-refractivity contribution in [3.05, 3.63) is 28.6 Å². The zero-order valence-electron chi connectivity index (χ0n) is 7.51. The van der Waals surface area contributed by atoms with E-state index in [2.05, 4.69) is 17.1 Å². The van der Waals surface area contributed by atoms with Crippen LogP contribution in [0.15, 0.2) is 6.08 Å². The molecule has 0 bridgehead atoms. The van der Waals surface area contributed by atoms with Crippen LogP contribution in [0.25, 0.3) is 6.08 Å². The lowest BCUT2D eigenvalue weighted by Crippen LogP contribution is -2.02. The summed E-state index contributed by atoms with van der Waals surface area (Å²) in [7, 11) is 0. The highest BCUT2D eigenvalue weighted by atomic mass is 14.8. The Hall–Kier alpha value is -1.31. The quantitative estimate of drug-likeness (QED) is 0.647. The Labute approximate surface area is 77.5 Å². The summed E-state index contributed by atoms with van der Waals surface area (Å²) in [5, 5.41) is 0. The van der Waals surface area contributed by atoms with Gasteiger partial charge in [0.05, 0.1) is 5.69 Å². The average molecular weight is 172 g/mol. The maximum atomic E-state index is 6.11. The molecule has 1 heterocycles. The lowest BCUT2D eigenvalue weighted by atomic mass is 10.1. The Morgan fingerprint density at radius 1 is 1.23 bits per heavy atom. The molecular weight excluding hydrogens is 160 g/mol. The van der Waals surface area contributed by atoms with E-state index in [1.165, 1.54) is 23.2 Å². The summed E-state index contributed by atoms with van der Waals surface area (Å²) >= 11 is 0. The molecule has 0 saturated heterocycles. The summed E-state index contributed by atoms with van der Waals surface area (Å²) in [6.07, 6.45) is 8.66. The number of nitrogens with two attached hydrogens (primary N) is 1. The van der Waals surface area contributed by atoms with Crippen LogP contribution in [0.4, 0.5) is 5.69 Å². The summed E-state index contributed by atoms with van der Waals surface area (Å²) in [6, 6.07) is 0. The number of nitrogen functional groups attached to an aromatic ring is 1. The molecule has 2 aliphatic carbocycles. The SMILES string of the molecule is Nc1c2c(nc3c1CCC3)C=CC2. The second-order valence-electron chi connectivity index (χ2n) is 3.77. The first-order chi connectivity index (χ1) is 6.36. The fourth-order valence-corrected chi connectivity index (χ4v) is 2.32. The highest BCUT2D eigenvalue weighted by Crippen LogP contribution is 2.33. The Bertz CT molecular complexity index is 401. The number of allylic oxidation sites excluding steroid dienone is 1. The first-order valence-electron chi connectivity index (χ1n) is 4.83. The van der Waals surface area contributed by atoms with Crippen LogP contribution in [-0.2, 0) is 19.3 Å². The van der Waals surface area contributed by atoms with Crippen molar-refractivity contribution in [2.45, 2.75) is 25.7 Å². The highest BCUT2D eigenvalue weighted by Gasteiger charge is 2.21. The van der Waals surface area contributed by atoms with Crippen LogP contribution in [0, 0.1) is 0 Å². The number of rotatable bonds is 0. The predicted molar refractivity (Wildman–Crippen MR) is 53.4 cm³/mol. The van der Waals surface area contributed by atoms with Gasteiger partial charge in [0.25, 0.3) is 0 Å². The van der Waals surface area contributed by atoms with Crippen molar-refractivity contribution >= 4 is 11.8 Å². The van der Waals surface area contributed by atoms with E-state index in [1.54, 1.807) is 0 Å². The molecule has 2 heteroatoms. The summed E-state index contributed by atoms with van der Waals surface area (Å²) < 4.78 is 0. The molecule has 0 fully saturated rings. The van der Waals surface area contributed by atoms with Crippen molar-refractivity contribution in [1.82, 2.24) is 4.98 Å². The molecule has 1 aromatic heterocycles. The number of hydrogen-bond donors (Lipinski definition) is 1. The second kappa shape index (κ2) is 2.34. The van der Waals surface area contributed by atoms with Gasteiger partial charge in [-0.05, 0) is 37.3 Å². The standard InChI is InChI=1S/C11H12N2/c12-11-7-3-1-5-9(7)13-10-6-2-4-8(10)11/h1,5H,2-4,6H2,(H2,12,13). The van der Waals surface area contributed by atoms with Crippen molar-refractivity contribution in [3.8, 4) is 0 Å². The molecule has 3 rings (SSSR count). The predicted octanol–water partition coefficient (Wildman–Crippen LogP) is 1.72. The molecule has 0 spiro atoms. The summed E-state index contributed by atoms with van der Waals surface area (Å²) in [4.78, 5) is 4.63. The Kier molecular flexibility index (Phi) is 1.29. The van der Waals surface area contributed by atoms with Gasteiger partial charge in [-0.3, -0.25) is 4.98 Å². The number of fused-ring (bicyclic) bond motifs is 2. The Morgan fingerprint density at radius 3 is 3.08 bits per heavy atom. The number of aryl methyl sites for hydroxylation is 1. The van der Waals surface area contributed by atoms with Crippen LogP contribution >= 0.6 is 0 Å². The first kappa shape index (κ1) is 7.13. The van der Waals surface area contributed by atoms with Gasteiger partial charge < -0.3 is 5.73 Å². The third-order valence-corrected chi connectivity index (χ3v) is 3.00. The van der Waals surface area contributed by atoms with E-state index >= 15 is 0 Å². The van der Waals surface area contributed by atoms with Gasteiger partial charge in [-0.15, -0.1) is 0 Å². The maximum Gasteiger partial charge on any atom is 0.0685 e. The van der Waals surface area contributed by atoms with Crippen molar-refractivity contribution in [2.24, 2.45) is 0 Å². The normalized spacial score (nSPS) is 17.5. The lowest BCUT2D eigenvalue weighted by Gasteiger charge is -2.08. The largest absolute Gasteiger partial charge is 0.398 e. The van der Waals surface area contributed by atoms with Crippen molar-refractivity contribution in [2.75, 3.05) is 5.73 Å². The number of pyridine rings is 1. The number of aromatic nitrogens is 1. The van der Waals surface area contributed by atoms with E-state index in [-0.39, 0.29) is 0 Å². The summed E-state index contributed by atoms with van der Waals surface area (Å²) in [5.41, 5.74) is 12.0. The minimum absolute atomic E-state index is 0.974. The lowest BCUT2D eigenvalue weighted by molar-refractivity contribution is 0.899. The van der Waals surface area contributed by atoms with Crippen molar-refractivity contribution in [1.29, 1.82) is 0 Å². The van der Waals surface area contributed by atoms with Crippen LogP contribution in [-0.4, -0.2) is 4.98 Å². The fraction of sp³-hybridized carbons (Fsp3) is 0.364. The van der Waals surface area contributed by atoms with Crippen LogP contribution < -0.4 is 5.73 Å². The third-order valence-electron chi connectivity index (χ3n) is 3.00. The van der Waals surface area contributed by atoms with Crippen LogP contribution in [0.5, 0.6) is 0 Å². The zero-order chi connectivity index (χ0) is 8.84. The highest BCUT2D eigenvalue weighted by molar-refractivity contribution is 5.69. The molecule has 0 amide bonds. The molecule has 0 saturated carbocycles. The zero-order valence-corrected chi connectivity index (χ0v) is 7.51. The topological polar surface area (TPSA) is 38.9 Å². The molecule has 0 unspecified atom stereocenters. The van der Waals surface area contributed by atoms with Gasteiger partial charge in [0.1, 0.15) is 0 Å². The van der Waals surface area contributed by atoms with Gasteiger partial charge in [0.15, 0.2) is 0 Å². The minimum Gasteiger partial charge on any atom is -0.398 e. The fourth-order valence-electron chi connectivity index (χ4n) is 2.32. The van der Waals surface area contributed by atoms with Gasteiger partial charge >= 0.3 is 0 Å². The molecule has 2 nitrogen and oxygen atoms in total. The smallest absolute Gasteiger partial charge is 0.0685 e. The van der Waals surface area contributed by atoms with Crippen molar-refractivity contribution in [3.63, 3.8) is 0 Å². The van der Waals surface area contributed by atoms with Crippen LogP contribution in [0.2, 0.25) is 0 Å². The van der Waals surface area contributed by atoms with E-state index in [0.717, 1.165) is 30.6 Å². The first-order valence-corrected chi connectivity index (χ1v) is 4.83.